The summed E-state index contributed by atoms with van der Waals surface area (Å²) in [4.78, 5) is 0. The van der Waals surface area contributed by atoms with Gasteiger partial charge in [-0.3, -0.25) is 0 Å². The van der Waals surface area contributed by atoms with Gasteiger partial charge in [0, 0.05) is 5.56 Å². The molecule has 0 aliphatic carbocycles. The average molecular weight is 172 g/mol. The number of halogens is 1. The van der Waals surface area contributed by atoms with Gasteiger partial charge in [0.15, 0.2) is 5.75 Å². The molecule has 0 aliphatic rings. The van der Waals surface area contributed by atoms with Crippen LogP contribution in [-0.4, -0.2) is 7.11 Å². The van der Waals surface area contributed by atoms with Crippen molar-refractivity contribution in [1.29, 1.82) is 0 Å². The van der Waals surface area contributed by atoms with E-state index < -0.39 is 6.01 Å². The van der Waals surface area contributed by atoms with Crippen LogP contribution in [-0.2, 0) is 5.41 Å². The van der Waals surface area contributed by atoms with Gasteiger partial charge in [-0.25, -0.2) is 0 Å². The molecular weight excluding hydrogens is 159 g/mol. The minimum atomic E-state index is -0.651. The van der Waals surface area contributed by atoms with E-state index in [0.29, 0.717) is 0 Å². The second-order valence-corrected chi connectivity index (χ2v) is 3.71. The third-order valence-corrected chi connectivity index (χ3v) is 1.72. The molecule has 0 bridgehead atoms. The first-order chi connectivity index (χ1) is 5.46. The van der Waals surface area contributed by atoms with Crippen LogP contribution in [0, 0.1) is 6.01 Å². The molecule has 2 nitrogen and oxygen atoms in total. The van der Waals surface area contributed by atoms with E-state index in [1.54, 1.807) is 0 Å². The first kappa shape index (κ1) is 9.10. The Hall–Kier alpha value is -0.990. The maximum atomic E-state index is 12.8. The molecule has 0 aliphatic heterocycles. The number of ether oxygens (including phenoxy) is 1. The van der Waals surface area contributed by atoms with Gasteiger partial charge in [0.25, 0.3) is 0 Å². The Balaban J connectivity index is 3.16. The van der Waals surface area contributed by atoms with Crippen LogP contribution in [0.3, 0.4) is 0 Å². The molecule has 1 rings (SSSR count). The number of hydrogen-bond donors (Lipinski definition) is 0. The summed E-state index contributed by atoms with van der Waals surface area (Å²) >= 11 is 0. The van der Waals surface area contributed by atoms with E-state index in [4.69, 9.17) is 4.74 Å². The third-order valence-electron chi connectivity index (χ3n) is 1.72. The van der Waals surface area contributed by atoms with Crippen LogP contribution >= 0.6 is 0 Å². The van der Waals surface area contributed by atoms with Crippen LogP contribution in [0.5, 0.6) is 5.75 Å². The van der Waals surface area contributed by atoms with E-state index in [9.17, 15) is 4.39 Å². The van der Waals surface area contributed by atoms with Gasteiger partial charge in [-0.1, -0.05) is 20.8 Å². The van der Waals surface area contributed by atoms with Crippen LogP contribution in [0.1, 0.15) is 26.3 Å². The van der Waals surface area contributed by atoms with E-state index in [0.717, 1.165) is 5.56 Å². The molecule has 0 saturated heterocycles. The largest absolute Gasteiger partial charge is 0.490 e. The topological polar surface area (TPSA) is 22.4 Å². The van der Waals surface area contributed by atoms with Crippen LogP contribution in [0.15, 0.2) is 10.7 Å². The molecule has 0 fully saturated rings. The van der Waals surface area contributed by atoms with E-state index in [2.05, 4.69) is 4.42 Å². The van der Waals surface area contributed by atoms with Gasteiger partial charge in [0.05, 0.1) is 7.11 Å². The normalized spacial score (nSPS) is 11.8. The molecule has 0 radical (unpaired) electrons. The Bertz CT molecular complexity index is 271. The first-order valence-electron chi connectivity index (χ1n) is 3.78. The van der Waals surface area contributed by atoms with Crippen LogP contribution in [0.25, 0.3) is 0 Å². The van der Waals surface area contributed by atoms with Gasteiger partial charge in [-0.2, -0.15) is 4.39 Å². The SMILES string of the molecule is COc1c(C(C)(C)C)coc1F. The lowest BCUT2D eigenvalue weighted by Crippen LogP contribution is -2.11. The van der Waals surface area contributed by atoms with Gasteiger partial charge in [0.1, 0.15) is 6.26 Å². The lowest BCUT2D eigenvalue weighted by molar-refractivity contribution is 0.308. The molecule has 0 amide bonds. The molecule has 1 heterocycles. The molecule has 68 valence electrons. The molecule has 0 atom stereocenters. The fourth-order valence-corrected chi connectivity index (χ4v) is 1.03. The van der Waals surface area contributed by atoms with Gasteiger partial charge < -0.3 is 9.15 Å². The van der Waals surface area contributed by atoms with Crippen molar-refractivity contribution >= 4 is 0 Å². The minimum absolute atomic E-state index is 0.154. The number of furan rings is 1. The summed E-state index contributed by atoms with van der Waals surface area (Å²) in [5.74, 6) is 0.211. The summed E-state index contributed by atoms with van der Waals surface area (Å²) in [7, 11) is 1.43. The average Bonchev–Trinajstić information content (AvgIpc) is 2.29. The molecule has 0 N–H and O–H groups in total. The Morgan fingerprint density at radius 1 is 1.42 bits per heavy atom. The number of rotatable bonds is 1. The van der Waals surface area contributed by atoms with Gasteiger partial charge in [-0.15, -0.1) is 0 Å². The predicted octanol–water partition coefficient (Wildman–Crippen LogP) is 2.72. The fourth-order valence-electron chi connectivity index (χ4n) is 1.03. The molecule has 0 aromatic carbocycles. The lowest BCUT2D eigenvalue weighted by atomic mass is 9.89. The van der Waals surface area contributed by atoms with Crippen molar-refractivity contribution in [3.63, 3.8) is 0 Å². The zero-order chi connectivity index (χ0) is 9.35. The standard InChI is InChI=1S/C9H13FO2/c1-9(2,3)6-5-12-8(10)7(6)11-4/h5H,1-4H3. The summed E-state index contributed by atoms with van der Waals surface area (Å²) in [6, 6.07) is -0.651. The maximum Gasteiger partial charge on any atom is 0.320 e. The highest BCUT2D eigenvalue weighted by Gasteiger charge is 2.24. The molecule has 3 heteroatoms. The van der Waals surface area contributed by atoms with Crippen LogP contribution in [0.2, 0.25) is 0 Å². The van der Waals surface area contributed by atoms with Gasteiger partial charge in [0.2, 0.25) is 0 Å². The predicted molar refractivity (Wildman–Crippen MR) is 43.9 cm³/mol. The second kappa shape index (κ2) is 2.81. The zero-order valence-corrected chi connectivity index (χ0v) is 7.77. The highest BCUT2D eigenvalue weighted by atomic mass is 19.1. The summed E-state index contributed by atoms with van der Waals surface area (Å²) in [6.45, 7) is 5.92. The quantitative estimate of drug-likeness (QED) is 0.649. The third kappa shape index (κ3) is 1.44. The molecule has 0 spiro atoms. The molecule has 0 unspecified atom stereocenters. The van der Waals surface area contributed by atoms with Gasteiger partial charge >= 0.3 is 6.01 Å². The van der Waals surface area contributed by atoms with Crippen molar-refractivity contribution in [2.24, 2.45) is 0 Å². The monoisotopic (exact) mass is 172 g/mol. The highest BCUT2D eigenvalue weighted by molar-refractivity contribution is 5.34. The van der Waals surface area contributed by atoms with E-state index in [-0.39, 0.29) is 11.2 Å². The summed E-state index contributed by atoms with van der Waals surface area (Å²) in [5.41, 5.74) is 0.599. The summed E-state index contributed by atoms with van der Waals surface area (Å²) < 4.78 is 22.3. The minimum Gasteiger partial charge on any atom is -0.490 e. The molecule has 1 aromatic rings. The lowest BCUT2D eigenvalue weighted by Gasteiger charge is -2.16. The van der Waals surface area contributed by atoms with Crippen molar-refractivity contribution in [3.8, 4) is 5.75 Å². The number of hydrogen-bond acceptors (Lipinski definition) is 2. The van der Waals surface area contributed by atoms with E-state index in [1.165, 1.54) is 13.4 Å². The summed E-state index contributed by atoms with van der Waals surface area (Å²) in [6.07, 6.45) is 1.40. The first-order valence-corrected chi connectivity index (χ1v) is 3.78. The zero-order valence-electron chi connectivity index (χ0n) is 7.77. The second-order valence-electron chi connectivity index (χ2n) is 3.71. The van der Waals surface area contributed by atoms with Crippen molar-refractivity contribution in [3.05, 3.63) is 17.8 Å². The van der Waals surface area contributed by atoms with Crippen molar-refractivity contribution in [2.75, 3.05) is 7.11 Å². The molecule has 12 heavy (non-hydrogen) atoms. The smallest absolute Gasteiger partial charge is 0.320 e. The molecular formula is C9H13FO2. The van der Waals surface area contributed by atoms with Gasteiger partial charge in [-0.05, 0) is 5.41 Å². The van der Waals surface area contributed by atoms with Crippen LogP contribution in [0.4, 0.5) is 4.39 Å². The van der Waals surface area contributed by atoms with Crippen molar-refractivity contribution in [2.45, 2.75) is 26.2 Å². The Morgan fingerprint density at radius 3 is 2.33 bits per heavy atom. The van der Waals surface area contributed by atoms with E-state index in [1.807, 2.05) is 20.8 Å². The fraction of sp³-hybridized carbons (Fsp3) is 0.556. The Morgan fingerprint density at radius 2 is 2.00 bits per heavy atom. The highest BCUT2D eigenvalue weighted by Crippen LogP contribution is 2.34. The van der Waals surface area contributed by atoms with Crippen molar-refractivity contribution < 1.29 is 13.5 Å². The van der Waals surface area contributed by atoms with Crippen molar-refractivity contribution in [1.82, 2.24) is 0 Å². The van der Waals surface area contributed by atoms with Crippen LogP contribution < -0.4 is 4.74 Å². The van der Waals surface area contributed by atoms with E-state index >= 15 is 0 Å². The molecule has 1 aromatic heterocycles. The molecule has 0 saturated carbocycles. The Labute approximate surface area is 71.3 Å². The summed E-state index contributed by atoms with van der Waals surface area (Å²) in [5, 5.41) is 0. The Kier molecular flexibility index (Phi) is 2.13. The number of methoxy groups -OCH3 is 1. The maximum absolute atomic E-state index is 12.8.